The number of methoxy groups -OCH3 is 1. The van der Waals surface area contributed by atoms with E-state index in [9.17, 15) is 14.4 Å². The van der Waals surface area contributed by atoms with Crippen LogP contribution in [0.3, 0.4) is 0 Å². The Kier molecular flexibility index (Phi) is 6.40. The fourth-order valence-electron chi connectivity index (χ4n) is 3.50. The van der Waals surface area contributed by atoms with Crippen LogP contribution in [-0.2, 0) is 9.59 Å². The average molecular weight is 409 g/mol. The van der Waals surface area contributed by atoms with Crippen LogP contribution in [0.1, 0.15) is 25.8 Å². The number of hydrogen-bond donors (Lipinski definition) is 1. The Balaban J connectivity index is 1.80. The number of imide groups is 1. The standard InChI is InChI=1S/C23H27N3O4/c1-15(2)14-25-20(13-21(27)24-17-8-10-19(30-4)11-9-17)22(28)26(23(25)29)18-7-5-6-16(3)12-18/h5-12,15,20H,13-14H2,1-4H3,(H,24,27)/t20-/m0/s1. The molecule has 0 aromatic heterocycles. The van der Waals surface area contributed by atoms with Gasteiger partial charge >= 0.3 is 6.03 Å². The molecule has 3 rings (SSSR count). The average Bonchev–Trinajstić information content (AvgIpc) is 2.92. The van der Waals surface area contributed by atoms with Crippen molar-refractivity contribution in [1.82, 2.24) is 4.90 Å². The third-order valence-corrected chi connectivity index (χ3v) is 4.89. The van der Waals surface area contributed by atoms with Gasteiger partial charge in [-0.2, -0.15) is 0 Å². The van der Waals surface area contributed by atoms with Gasteiger partial charge in [0.25, 0.3) is 5.91 Å². The summed E-state index contributed by atoms with van der Waals surface area (Å²) in [7, 11) is 1.57. The number of nitrogens with one attached hydrogen (secondary N) is 1. The summed E-state index contributed by atoms with van der Waals surface area (Å²) < 4.78 is 5.11. The third-order valence-electron chi connectivity index (χ3n) is 4.89. The minimum absolute atomic E-state index is 0.106. The van der Waals surface area contributed by atoms with Crippen LogP contribution in [0.15, 0.2) is 48.5 Å². The molecule has 0 unspecified atom stereocenters. The lowest BCUT2D eigenvalue weighted by atomic mass is 10.1. The molecule has 4 amide bonds. The summed E-state index contributed by atoms with van der Waals surface area (Å²) in [5.74, 6) is 0.134. The number of anilines is 2. The van der Waals surface area contributed by atoms with Crippen molar-refractivity contribution >= 4 is 29.2 Å². The van der Waals surface area contributed by atoms with E-state index in [-0.39, 0.29) is 30.2 Å². The summed E-state index contributed by atoms with van der Waals surface area (Å²) in [6, 6.07) is 12.9. The van der Waals surface area contributed by atoms with Gasteiger partial charge < -0.3 is 15.0 Å². The number of benzene rings is 2. The molecule has 1 heterocycles. The highest BCUT2D eigenvalue weighted by Gasteiger charge is 2.46. The fourth-order valence-corrected chi connectivity index (χ4v) is 3.50. The van der Waals surface area contributed by atoms with Crippen LogP contribution in [0.5, 0.6) is 5.75 Å². The van der Waals surface area contributed by atoms with Crippen molar-refractivity contribution in [3.05, 3.63) is 54.1 Å². The van der Waals surface area contributed by atoms with Gasteiger partial charge in [0, 0.05) is 12.2 Å². The van der Waals surface area contributed by atoms with Crippen molar-refractivity contribution in [2.75, 3.05) is 23.9 Å². The summed E-state index contributed by atoms with van der Waals surface area (Å²) in [5.41, 5.74) is 2.07. The molecule has 0 aliphatic carbocycles. The minimum Gasteiger partial charge on any atom is -0.497 e. The quantitative estimate of drug-likeness (QED) is 0.705. The maximum absolute atomic E-state index is 13.2. The van der Waals surface area contributed by atoms with Crippen LogP contribution >= 0.6 is 0 Å². The number of urea groups is 1. The second kappa shape index (κ2) is 8.98. The van der Waals surface area contributed by atoms with E-state index < -0.39 is 6.04 Å². The van der Waals surface area contributed by atoms with Crippen molar-refractivity contribution in [2.45, 2.75) is 33.2 Å². The molecule has 7 heteroatoms. The molecule has 1 aliphatic rings. The Labute approximate surface area is 176 Å². The SMILES string of the molecule is COc1ccc(NC(=O)C[C@H]2C(=O)N(c3cccc(C)c3)C(=O)N2CC(C)C)cc1. The Morgan fingerprint density at radius 1 is 1.13 bits per heavy atom. The van der Waals surface area contributed by atoms with E-state index in [1.54, 1.807) is 43.5 Å². The Bertz CT molecular complexity index is 940. The Hall–Kier alpha value is -3.35. The largest absolute Gasteiger partial charge is 0.497 e. The van der Waals surface area contributed by atoms with Crippen LogP contribution in [0.4, 0.5) is 16.2 Å². The van der Waals surface area contributed by atoms with Crippen molar-refractivity contribution in [3.63, 3.8) is 0 Å². The van der Waals surface area contributed by atoms with E-state index in [0.29, 0.717) is 23.7 Å². The molecule has 0 spiro atoms. The smallest absolute Gasteiger partial charge is 0.332 e. The summed E-state index contributed by atoms with van der Waals surface area (Å²) in [6.45, 7) is 6.25. The maximum Gasteiger partial charge on any atom is 0.332 e. The first-order valence-electron chi connectivity index (χ1n) is 9.95. The molecule has 2 aromatic carbocycles. The zero-order valence-electron chi connectivity index (χ0n) is 17.7. The molecule has 30 heavy (non-hydrogen) atoms. The molecular weight excluding hydrogens is 382 g/mol. The molecule has 2 aromatic rings. The van der Waals surface area contributed by atoms with Crippen LogP contribution in [0, 0.1) is 12.8 Å². The summed E-state index contributed by atoms with van der Waals surface area (Å²) in [6.07, 6.45) is -0.106. The highest BCUT2D eigenvalue weighted by Crippen LogP contribution is 2.28. The second-order valence-electron chi connectivity index (χ2n) is 7.84. The lowest BCUT2D eigenvalue weighted by Crippen LogP contribution is -2.40. The number of carbonyl (C=O) groups excluding carboxylic acids is 3. The van der Waals surface area contributed by atoms with E-state index in [0.717, 1.165) is 5.56 Å². The number of ether oxygens (including phenoxy) is 1. The molecule has 1 saturated heterocycles. The van der Waals surface area contributed by atoms with Crippen molar-refractivity contribution in [3.8, 4) is 5.75 Å². The number of aryl methyl sites for hydroxylation is 1. The molecular formula is C23H27N3O4. The van der Waals surface area contributed by atoms with Gasteiger partial charge in [-0.05, 0) is 54.8 Å². The number of carbonyl (C=O) groups is 3. The minimum atomic E-state index is -0.835. The van der Waals surface area contributed by atoms with E-state index >= 15 is 0 Å². The molecule has 158 valence electrons. The molecule has 1 N–H and O–H groups in total. The van der Waals surface area contributed by atoms with E-state index in [2.05, 4.69) is 5.32 Å². The molecule has 7 nitrogen and oxygen atoms in total. The predicted molar refractivity (Wildman–Crippen MR) is 116 cm³/mol. The van der Waals surface area contributed by atoms with Crippen LogP contribution in [0.25, 0.3) is 0 Å². The topological polar surface area (TPSA) is 79.0 Å². The number of amides is 4. The Morgan fingerprint density at radius 3 is 2.43 bits per heavy atom. The molecule has 0 bridgehead atoms. The number of rotatable bonds is 7. The van der Waals surface area contributed by atoms with Gasteiger partial charge in [-0.15, -0.1) is 0 Å². The zero-order chi connectivity index (χ0) is 21.8. The van der Waals surface area contributed by atoms with Crippen LogP contribution < -0.4 is 15.0 Å². The van der Waals surface area contributed by atoms with Gasteiger partial charge in [0.05, 0.1) is 19.2 Å². The molecule has 1 aliphatic heterocycles. The maximum atomic E-state index is 13.2. The number of nitrogens with zero attached hydrogens (tertiary/aromatic N) is 2. The van der Waals surface area contributed by atoms with Gasteiger partial charge in [-0.25, -0.2) is 9.69 Å². The first kappa shape index (κ1) is 21.4. The Morgan fingerprint density at radius 2 is 1.83 bits per heavy atom. The molecule has 1 fully saturated rings. The van der Waals surface area contributed by atoms with Gasteiger partial charge in [0.1, 0.15) is 11.8 Å². The normalized spacial score (nSPS) is 16.4. The van der Waals surface area contributed by atoms with E-state index in [4.69, 9.17) is 4.74 Å². The van der Waals surface area contributed by atoms with E-state index in [1.807, 2.05) is 32.9 Å². The predicted octanol–water partition coefficient (Wildman–Crippen LogP) is 3.83. The van der Waals surface area contributed by atoms with Crippen molar-refractivity contribution < 1.29 is 19.1 Å². The van der Waals surface area contributed by atoms with Crippen molar-refractivity contribution in [2.24, 2.45) is 5.92 Å². The summed E-state index contributed by atoms with van der Waals surface area (Å²) >= 11 is 0. The first-order chi connectivity index (χ1) is 14.3. The number of hydrogen-bond acceptors (Lipinski definition) is 4. The highest BCUT2D eigenvalue weighted by atomic mass is 16.5. The first-order valence-corrected chi connectivity index (χ1v) is 9.95. The zero-order valence-corrected chi connectivity index (χ0v) is 17.7. The van der Waals surface area contributed by atoms with Gasteiger partial charge in [-0.3, -0.25) is 9.59 Å². The summed E-state index contributed by atoms with van der Waals surface area (Å²) in [5, 5.41) is 2.79. The monoisotopic (exact) mass is 409 g/mol. The van der Waals surface area contributed by atoms with Crippen LogP contribution in [0.2, 0.25) is 0 Å². The van der Waals surface area contributed by atoms with Gasteiger partial charge in [0.2, 0.25) is 5.91 Å². The van der Waals surface area contributed by atoms with Gasteiger partial charge in [-0.1, -0.05) is 26.0 Å². The van der Waals surface area contributed by atoms with Crippen LogP contribution in [-0.4, -0.2) is 42.4 Å². The summed E-state index contributed by atoms with van der Waals surface area (Å²) in [4.78, 5) is 41.6. The molecule has 1 atom stereocenters. The van der Waals surface area contributed by atoms with E-state index in [1.165, 1.54) is 9.80 Å². The molecule has 0 saturated carbocycles. The fraction of sp³-hybridized carbons (Fsp3) is 0.348. The second-order valence-corrected chi connectivity index (χ2v) is 7.84. The van der Waals surface area contributed by atoms with Crippen molar-refractivity contribution in [1.29, 1.82) is 0 Å². The lowest BCUT2D eigenvalue weighted by Gasteiger charge is -2.23. The molecule has 0 radical (unpaired) electrons. The highest BCUT2D eigenvalue weighted by molar-refractivity contribution is 6.22. The third kappa shape index (κ3) is 4.62. The lowest BCUT2D eigenvalue weighted by molar-refractivity contribution is -0.124. The van der Waals surface area contributed by atoms with Gasteiger partial charge in [0.15, 0.2) is 0 Å².